The third-order valence-corrected chi connectivity index (χ3v) is 3.05. The smallest absolute Gasteiger partial charge is 0.326 e. The fraction of sp³-hybridized carbons (Fsp3) is 0.357. The molecule has 2 rings (SSSR count). The average Bonchev–Trinajstić information content (AvgIpc) is 2.86. The molecule has 0 spiro atoms. The zero-order valence-electron chi connectivity index (χ0n) is 11.2. The lowest BCUT2D eigenvalue weighted by Gasteiger charge is -2.12. The van der Waals surface area contributed by atoms with Gasteiger partial charge in [0.1, 0.15) is 6.04 Å². The van der Waals surface area contributed by atoms with Crippen molar-refractivity contribution in [2.45, 2.75) is 32.2 Å². The number of hydrogen-bond donors (Lipinski definition) is 3. The minimum absolute atomic E-state index is 0.133. The number of benzene rings is 1. The number of fused-ring (bicyclic) bond motifs is 1. The van der Waals surface area contributed by atoms with Crippen molar-refractivity contribution in [3.8, 4) is 0 Å². The van der Waals surface area contributed by atoms with Crippen molar-refractivity contribution in [3.63, 3.8) is 0 Å². The molecule has 0 aliphatic rings. The molecule has 0 aliphatic heterocycles. The topological polar surface area (TPSA) is 95.1 Å². The Labute approximate surface area is 116 Å². The standard InChI is InChI=1S/C14H17N3O3/c1-2-3-6-11(14(19)20)17-13(18)12-15-9-7-4-5-8-10(9)16-12/h4-5,7-8,11H,2-3,6H2,1H3,(H,15,16)(H,17,18)(H,19,20). The number of carbonyl (C=O) groups excluding carboxylic acids is 1. The molecule has 1 heterocycles. The maximum Gasteiger partial charge on any atom is 0.326 e. The van der Waals surface area contributed by atoms with Crippen LogP contribution in [0.25, 0.3) is 11.0 Å². The van der Waals surface area contributed by atoms with Gasteiger partial charge in [-0.05, 0) is 18.6 Å². The first-order chi connectivity index (χ1) is 9.61. The van der Waals surface area contributed by atoms with Crippen LogP contribution >= 0.6 is 0 Å². The number of para-hydroxylation sites is 2. The molecular formula is C14H17N3O3. The fourth-order valence-electron chi connectivity index (χ4n) is 1.95. The third-order valence-electron chi connectivity index (χ3n) is 3.05. The number of aromatic nitrogens is 2. The first-order valence-electron chi connectivity index (χ1n) is 6.60. The highest BCUT2D eigenvalue weighted by atomic mass is 16.4. The summed E-state index contributed by atoms with van der Waals surface area (Å²) in [5.41, 5.74) is 1.43. The number of H-pyrrole nitrogens is 1. The quantitative estimate of drug-likeness (QED) is 0.750. The number of aromatic amines is 1. The zero-order valence-corrected chi connectivity index (χ0v) is 11.2. The molecule has 0 radical (unpaired) electrons. The number of hydrogen-bond acceptors (Lipinski definition) is 3. The lowest BCUT2D eigenvalue weighted by atomic mass is 10.1. The van der Waals surface area contributed by atoms with E-state index in [9.17, 15) is 9.59 Å². The molecule has 106 valence electrons. The lowest BCUT2D eigenvalue weighted by molar-refractivity contribution is -0.139. The maximum absolute atomic E-state index is 12.0. The van der Waals surface area contributed by atoms with Gasteiger partial charge in [0.2, 0.25) is 0 Å². The van der Waals surface area contributed by atoms with Gasteiger partial charge in [-0.25, -0.2) is 9.78 Å². The van der Waals surface area contributed by atoms with Crippen LogP contribution in [0, 0.1) is 0 Å². The van der Waals surface area contributed by atoms with E-state index in [0.29, 0.717) is 11.9 Å². The van der Waals surface area contributed by atoms with E-state index < -0.39 is 17.9 Å². The molecular weight excluding hydrogens is 258 g/mol. The number of carboxylic acids is 1. The summed E-state index contributed by atoms with van der Waals surface area (Å²) >= 11 is 0. The first-order valence-corrected chi connectivity index (χ1v) is 6.60. The monoisotopic (exact) mass is 275 g/mol. The summed E-state index contributed by atoms with van der Waals surface area (Å²) in [5, 5.41) is 11.6. The van der Waals surface area contributed by atoms with Crippen LogP contribution in [-0.4, -0.2) is 33.0 Å². The number of carboxylic acid groups (broad SMARTS) is 1. The normalized spacial score (nSPS) is 12.2. The van der Waals surface area contributed by atoms with E-state index in [0.717, 1.165) is 18.4 Å². The lowest BCUT2D eigenvalue weighted by Crippen LogP contribution is -2.41. The van der Waals surface area contributed by atoms with Crippen LogP contribution in [0.5, 0.6) is 0 Å². The van der Waals surface area contributed by atoms with E-state index in [1.54, 1.807) is 6.07 Å². The van der Waals surface area contributed by atoms with Crippen LogP contribution < -0.4 is 5.32 Å². The largest absolute Gasteiger partial charge is 0.480 e. The van der Waals surface area contributed by atoms with Crippen molar-refractivity contribution >= 4 is 22.9 Å². The van der Waals surface area contributed by atoms with Gasteiger partial charge in [0.05, 0.1) is 11.0 Å². The summed E-state index contributed by atoms with van der Waals surface area (Å²) in [4.78, 5) is 30.1. The molecule has 3 N–H and O–H groups in total. The minimum Gasteiger partial charge on any atom is -0.480 e. The molecule has 0 saturated carbocycles. The molecule has 2 aromatic rings. The van der Waals surface area contributed by atoms with E-state index in [2.05, 4.69) is 15.3 Å². The summed E-state index contributed by atoms with van der Waals surface area (Å²) < 4.78 is 0. The van der Waals surface area contributed by atoms with Crippen molar-refractivity contribution in [3.05, 3.63) is 30.1 Å². The van der Waals surface area contributed by atoms with Gasteiger partial charge >= 0.3 is 5.97 Å². The van der Waals surface area contributed by atoms with Crippen LogP contribution in [0.4, 0.5) is 0 Å². The van der Waals surface area contributed by atoms with Gasteiger partial charge in [0.15, 0.2) is 5.82 Å². The second-order valence-electron chi connectivity index (χ2n) is 4.61. The van der Waals surface area contributed by atoms with Crippen molar-refractivity contribution in [1.82, 2.24) is 15.3 Å². The SMILES string of the molecule is CCCCC(NC(=O)c1nc2ccccc2[nH]1)C(=O)O. The van der Waals surface area contributed by atoms with Crippen LogP contribution in [0.15, 0.2) is 24.3 Å². The molecule has 0 aliphatic carbocycles. The highest BCUT2D eigenvalue weighted by molar-refractivity contribution is 5.96. The zero-order chi connectivity index (χ0) is 14.5. The Bertz CT molecular complexity index is 588. The molecule has 0 saturated heterocycles. The predicted molar refractivity (Wildman–Crippen MR) is 74.5 cm³/mol. The summed E-state index contributed by atoms with van der Waals surface area (Å²) in [7, 11) is 0. The first kappa shape index (κ1) is 14.0. The molecule has 0 bridgehead atoms. The second kappa shape index (κ2) is 6.18. The van der Waals surface area contributed by atoms with Crippen LogP contribution in [0.2, 0.25) is 0 Å². The van der Waals surface area contributed by atoms with Crippen LogP contribution in [0.1, 0.15) is 36.8 Å². The van der Waals surface area contributed by atoms with Crippen molar-refractivity contribution in [1.29, 1.82) is 0 Å². The molecule has 1 unspecified atom stereocenters. The van der Waals surface area contributed by atoms with Crippen molar-refractivity contribution < 1.29 is 14.7 Å². The van der Waals surface area contributed by atoms with Gasteiger partial charge < -0.3 is 15.4 Å². The van der Waals surface area contributed by atoms with Gasteiger partial charge in [-0.15, -0.1) is 0 Å². The molecule has 1 aromatic heterocycles. The number of carbonyl (C=O) groups is 2. The minimum atomic E-state index is -1.03. The van der Waals surface area contributed by atoms with Crippen LogP contribution in [0.3, 0.4) is 0 Å². The number of nitrogens with zero attached hydrogens (tertiary/aromatic N) is 1. The summed E-state index contributed by atoms with van der Waals surface area (Å²) in [6.07, 6.45) is 2.04. The summed E-state index contributed by atoms with van der Waals surface area (Å²) in [5.74, 6) is -1.39. The maximum atomic E-state index is 12.0. The number of imidazole rings is 1. The highest BCUT2D eigenvalue weighted by Gasteiger charge is 2.21. The molecule has 1 atom stereocenters. The Morgan fingerprint density at radius 3 is 2.80 bits per heavy atom. The molecule has 6 heteroatoms. The van der Waals surface area contributed by atoms with E-state index in [-0.39, 0.29) is 5.82 Å². The fourth-order valence-corrected chi connectivity index (χ4v) is 1.95. The number of unbranched alkanes of at least 4 members (excludes halogenated alkanes) is 1. The Morgan fingerprint density at radius 2 is 2.15 bits per heavy atom. The summed E-state index contributed by atoms with van der Waals surface area (Å²) in [6, 6.07) is 6.38. The van der Waals surface area contributed by atoms with Crippen LogP contribution in [-0.2, 0) is 4.79 Å². The van der Waals surface area contributed by atoms with Gasteiger partial charge in [0, 0.05) is 0 Å². The van der Waals surface area contributed by atoms with E-state index in [1.165, 1.54) is 0 Å². The molecule has 6 nitrogen and oxygen atoms in total. The molecule has 0 fully saturated rings. The second-order valence-corrected chi connectivity index (χ2v) is 4.61. The third kappa shape index (κ3) is 3.14. The number of amides is 1. The Hall–Kier alpha value is -2.37. The molecule has 1 amide bonds. The number of nitrogens with one attached hydrogen (secondary N) is 2. The van der Waals surface area contributed by atoms with Crippen molar-refractivity contribution in [2.24, 2.45) is 0 Å². The Morgan fingerprint density at radius 1 is 1.40 bits per heavy atom. The molecule has 1 aromatic carbocycles. The Kier molecular flexibility index (Phi) is 4.34. The number of rotatable bonds is 6. The number of aliphatic carboxylic acids is 1. The van der Waals surface area contributed by atoms with Gasteiger partial charge in [-0.1, -0.05) is 31.9 Å². The predicted octanol–water partition coefficient (Wildman–Crippen LogP) is 1.94. The average molecular weight is 275 g/mol. The van der Waals surface area contributed by atoms with Crippen molar-refractivity contribution in [2.75, 3.05) is 0 Å². The molecule has 20 heavy (non-hydrogen) atoms. The highest BCUT2D eigenvalue weighted by Crippen LogP contribution is 2.10. The van der Waals surface area contributed by atoms with E-state index in [1.807, 2.05) is 25.1 Å². The van der Waals surface area contributed by atoms with E-state index in [4.69, 9.17) is 5.11 Å². The summed E-state index contributed by atoms with van der Waals surface area (Å²) in [6.45, 7) is 1.97. The van der Waals surface area contributed by atoms with Gasteiger partial charge in [0.25, 0.3) is 5.91 Å². The van der Waals surface area contributed by atoms with Gasteiger partial charge in [-0.2, -0.15) is 0 Å². The van der Waals surface area contributed by atoms with E-state index >= 15 is 0 Å². The Balaban J connectivity index is 2.11. The van der Waals surface area contributed by atoms with Gasteiger partial charge in [-0.3, -0.25) is 4.79 Å².